The number of ether oxygens (including phenoxy) is 1. The summed E-state index contributed by atoms with van der Waals surface area (Å²) in [6, 6.07) is 12.4. The summed E-state index contributed by atoms with van der Waals surface area (Å²) < 4.78 is 78.0. The second-order valence-corrected chi connectivity index (χ2v) is 17.1. The summed E-state index contributed by atoms with van der Waals surface area (Å²) in [6.07, 6.45) is 13.0. The largest absolute Gasteiger partial charge is 0.439 e. The predicted octanol–water partition coefficient (Wildman–Crippen LogP) is 7.74. The lowest BCUT2D eigenvalue weighted by atomic mass is 9.82. The third-order valence-corrected chi connectivity index (χ3v) is 11.2. The average Bonchev–Trinajstić information content (AvgIpc) is 3.56. The highest BCUT2D eigenvalue weighted by Gasteiger charge is 2.29. The summed E-state index contributed by atoms with van der Waals surface area (Å²) in [5.74, 6) is 1.37. The Kier molecular flexibility index (Phi) is 12.2. The van der Waals surface area contributed by atoms with Crippen LogP contribution in [0.3, 0.4) is 0 Å². The van der Waals surface area contributed by atoms with Crippen molar-refractivity contribution in [3.05, 3.63) is 83.6 Å². The molecule has 1 aliphatic heterocycles. The van der Waals surface area contributed by atoms with Crippen LogP contribution in [0.15, 0.2) is 71.0 Å². The molecule has 0 radical (unpaired) electrons. The number of unbranched alkanes of at least 4 members (excludes halogenated alkanes) is 2. The minimum atomic E-state index is -4.03. The molecule has 0 saturated carbocycles. The Labute approximate surface area is 291 Å². The van der Waals surface area contributed by atoms with Gasteiger partial charge in [0.25, 0.3) is 25.8 Å². The lowest BCUT2D eigenvalue weighted by Crippen LogP contribution is -2.35. The number of hydrogen-bond acceptors (Lipinski definition) is 7. The first kappa shape index (κ1) is 38.4. The van der Waals surface area contributed by atoms with Crippen molar-refractivity contribution in [2.75, 3.05) is 23.0 Å². The van der Waals surface area contributed by atoms with Crippen LogP contribution in [0.1, 0.15) is 97.1 Å². The zero-order valence-electron chi connectivity index (χ0n) is 29.5. The number of benzene rings is 2. The minimum absolute atomic E-state index is 0.0271. The fourth-order valence-electron chi connectivity index (χ4n) is 5.61. The van der Waals surface area contributed by atoms with Crippen molar-refractivity contribution in [1.82, 2.24) is 0 Å². The van der Waals surface area contributed by atoms with Crippen molar-refractivity contribution < 1.29 is 39.7 Å². The first-order valence-electron chi connectivity index (χ1n) is 17.0. The number of fused-ring (bicyclic) bond motifs is 2. The second-order valence-electron chi connectivity index (χ2n) is 13.9. The first-order valence-corrected chi connectivity index (χ1v) is 20.2. The molecule has 0 spiro atoms. The third-order valence-electron chi connectivity index (χ3n) is 9.56. The van der Waals surface area contributed by atoms with E-state index < -0.39 is 20.2 Å². The quantitative estimate of drug-likeness (QED) is 0.0622. The molecule has 3 aromatic rings. The van der Waals surface area contributed by atoms with Crippen LogP contribution in [0.5, 0.6) is 5.75 Å². The Morgan fingerprint density at radius 2 is 1.41 bits per heavy atom. The Morgan fingerprint density at radius 3 is 2.04 bits per heavy atom. The molecule has 10 nitrogen and oxygen atoms in total. The second kappa shape index (κ2) is 15.6. The summed E-state index contributed by atoms with van der Waals surface area (Å²) in [5, 5.41) is 0. The molecule has 0 amide bonds. The molecule has 0 aliphatic carbocycles. The number of allylic oxidation sites excluding steroid dienone is 4. The highest BCUT2D eigenvalue weighted by Crippen LogP contribution is 2.42. The Balaban J connectivity index is 1.59. The predicted molar refractivity (Wildman–Crippen MR) is 195 cm³/mol. The molecule has 2 heterocycles. The van der Waals surface area contributed by atoms with Gasteiger partial charge in [-0.1, -0.05) is 71.9 Å². The van der Waals surface area contributed by atoms with E-state index >= 15 is 0 Å². The number of oxazole rings is 1. The summed E-state index contributed by atoms with van der Waals surface area (Å²) in [5.41, 5.74) is 4.88. The summed E-state index contributed by atoms with van der Waals surface area (Å²) in [6.45, 7) is 14.1. The highest BCUT2D eigenvalue weighted by atomic mass is 32.2. The fourth-order valence-corrected chi connectivity index (χ4v) is 6.75. The molecule has 1 aromatic heterocycles. The van der Waals surface area contributed by atoms with E-state index in [9.17, 15) is 25.9 Å². The topological polar surface area (TPSA) is 138 Å². The number of aromatic nitrogens is 1. The van der Waals surface area contributed by atoms with Crippen molar-refractivity contribution in [3.8, 4) is 5.75 Å². The molecular weight excluding hydrogens is 665 g/mol. The normalized spacial score (nSPS) is 15.3. The average molecular weight is 716 g/mol. The molecular formula is C37H51N2O8S2+. The molecule has 2 N–H and O–H groups in total. The Bertz CT molecular complexity index is 1940. The van der Waals surface area contributed by atoms with E-state index in [1.807, 2.05) is 52.0 Å². The molecule has 49 heavy (non-hydrogen) atoms. The zero-order chi connectivity index (χ0) is 36.0. The van der Waals surface area contributed by atoms with Crippen molar-refractivity contribution in [3.63, 3.8) is 0 Å². The van der Waals surface area contributed by atoms with Gasteiger partial charge in [-0.2, -0.15) is 21.4 Å². The minimum Gasteiger partial charge on any atom is -0.439 e. The fraction of sp³-hybridized carbons (Fsp3) is 0.486. The van der Waals surface area contributed by atoms with Crippen LogP contribution in [-0.2, 0) is 37.6 Å². The van der Waals surface area contributed by atoms with Gasteiger partial charge in [0, 0.05) is 19.0 Å². The van der Waals surface area contributed by atoms with Crippen molar-refractivity contribution in [1.29, 1.82) is 0 Å². The molecule has 12 heteroatoms. The molecule has 0 atom stereocenters. The van der Waals surface area contributed by atoms with Crippen molar-refractivity contribution in [2.24, 2.45) is 0 Å². The summed E-state index contributed by atoms with van der Waals surface area (Å²) in [7, 11) is -8.06. The van der Waals surface area contributed by atoms with Crippen LogP contribution in [0.25, 0.3) is 17.2 Å². The summed E-state index contributed by atoms with van der Waals surface area (Å²) >= 11 is 0. The molecule has 0 fully saturated rings. The van der Waals surface area contributed by atoms with E-state index in [1.54, 1.807) is 0 Å². The van der Waals surface area contributed by atoms with Crippen LogP contribution in [0, 0.1) is 0 Å². The van der Waals surface area contributed by atoms with Gasteiger partial charge in [0.2, 0.25) is 11.5 Å². The number of hydrogen-bond donors (Lipinski definition) is 2. The van der Waals surface area contributed by atoms with Gasteiger partial charge in [-0.05, 0) is 78.3 Å². The van der Waals surface area contributed by atoms with E-state index in [0.29, 0.717) is 50.5 Å². The van der Waals surface area contributed by atoms with Gasteiger partial charge in [0.1, 0.15) is 0 Å². The van der Waals surface area contributed by atoms with E-state index in [4.69, 9.17) is 9.15 Å². The van der Waals surface area contributed by atoms with Gasteiger partial charge in [-0.15, -0.1) is 0 Å². The Morgan fingerprint density at radius 1 is 0.796 bits per heavy atom. The van der Waals surface area contributed by atoms with Gasteiger partial charge in [0.15, 0.2) is 12.3 Å². The van der Waals surface area contributed by atoms with E-state index in [0.717, 1.165) is 35.4 Å². The lowest BCUT2D eigenvalue weighted by molar-refractivity contribution is -0.678. The van der Waals surface area contributed by atoms with Gasteiger partial charge >= 0.3 is 5.89 Å². The third kappa shape index (κ3) is 10.3. The Hall–Kier alpha value is -3.45. The SMILES string of the molecule is CCC(C)(C)c1ccc2c(c1)N(CCCCS(=O)(=O)O)C(=CC=CC=Cc1oc3ccc(C(C)(C)CC)cc3[n+]1CCCCS(=O)(=O)O)O2. The summed E-state index contributed by atoms with van der Waals surface area (Å²) in [4.78, 5) is 2.04. The van der Waals surface area contributed by atoms with Crippen molar-refractivity contribution >= 4 is 43.1 Å². The maximum absolute atomic E-state index is 11.3. The van der Waals surface area contributed by atoms with Crippen LogP contribution in [0.2, 0.25) is 0 Å². The molecule has 0 unspecified atom stereocenters. The number of anilines is 1. The lowest BCUT2D eigenvalue weighted by Gasteiger charge is -2.25. The number of rotatable bonds is 17. The van der Waals surface area contributed by atoms with E-state index in [2.05, 4.69) is 65.8 Å². The van der Waals surface area contributed by atoms with Crippen LogP contribution < -0.4 is 14.2 Å². The van der Waals surface area contributed by atoms with Crippen molar-refractivity contribution in [2.45, 2.75) is 97.4 Å². The molecule has 0 bridgehead atoms. The van der Waals surface area contributed by atoms with Crippen LogP contribution in [-0.4, -0.2) is 44.0 Å². The molecule has 4 rings (SSSR count). The van der Waals surface area contributed by atoms with Gasteiger partial charge < -0.3 is 14.1 Å². The van der Waals surface area contributed by atoms with Crippen LogP contribution >= 0.6 is 0 Å². The van der Waals surface area contributed by atoms with Gasteiger partial charge in [0.05, 0.1) is 23.3 Å². The van der Waals surface area contributed by atoms with E-state index in [-0.39, 0.29) is 22.3 Å². The standard InChI is InChI=1S/C37H50N2O8S2/c1-7-36(3,4)28-18-20-32-30(26-28)38(22-12-14-24-48(40,41)42)34(46-32)16-10-9-11-17-35-39(23-13-15-25-49(43,44)45)31-27-29(37(5,6)8-2)19-21-33(31)47-35/h9-11,16-21,26-27H,7-8,12-15,22-25H2,1-6H3,(H-,40,41,42,43,44,45)/p+1. The number of nitrogens with zero attached hydrogens (tertiary/aromatic N) is 2. The van der Waals surface area contributed by atoms with Crippen LogP contribution in [0.4, 0.5) is 5.69 Å². The smallest absolute Gasteiger partial charge is 0.374 e. The molecule has 268 valence electrons. The van der Waals surface area contributed by atoms with E-state index in [1.165, 1.54) is 11.1 Å². The molecule has 0 saturated heterocycles. The maximum Gasteiger partial charge on any atom is 0.374 e. The first-order chi connectivity index (χ1) is 22.9. The zero-order valence-corrected chi connectivity index (χ0v) is 31.1. The van der Waals surface area contributed by atoms with Gasteiger partial charge in [-0.25, -0.2) is 0 Å². The maximum atomic E-state index is 11.3. The molecule has 2 aromatic carbocycles. The number of aryl methyl sites for hydroxylation is 1. The molecule has 1 aliphatic rings. The van der Waals surface area contributed by atoms with Gasteiger partial charge in [-0.3, -0.25) is 9.11 Å². The highest BCUT2D eigenvalue weighted by molar-refractivity contribution is 7.86. The monoisotopic (exact) mass is 715 g/mol.